The highest BCUT2D eigenvalue weighted by molar-refractivity contribution is 7.21. The van der Waals surface area contributed by atoms with E-state index in [-0.39, 0.29) is 5.91 Å². The summed E-state index contributed by atoms with van der Waals surface area (Å²) in [5.74, 6) is -0.278. The largest absolute Gasteiger partial charge is 0.290 e. The first-order valence-electron chi connectivity index (χ1n) is 8.41. The average molecular weight is 429 g/mol. The molecule has 2 heterocycles. The minimum Gasteiger partial charge on any atom is -0.266 e. The van der Waals surface area contributed by atoms with Gasteiger partial charge in [0.2, 0.25) is 0 Å². The zero-order valence-corrected chi connectivity index (χ0v) is 17.3. The Morgan fingerprint density at radius 1 is 1.04 bits per heavy atom. The van der Waals surface area contributed by atoms with Crippen molar-refractivity contribution in [2.24, 2.45) is 10.2 Å². The van der Waals surface area contributed by atoms with Crippen LogP contribution in [0.2, 0.25) is 10.0 Å². The quantitative estimate of drug-likeness (QED) is 0.326. The molecule has 4 rings (SSSR count). The average Bonchev–Trinajstić information content (AvgIpc) is 3.18. The minimum absolute atomic E-state index is 0.278. The van der Waals surface area contributed by atoms with E-state index in [9.17, 15) is 4.79 Å². The van der Waals surface area contributed by atoms with E-state index in [2.05, 4.69) is 15.3 Å². The van der Waals surface area contributed by atoms with Gasteiger partial charge in [-0.1, -0.05) is 41.4 Å². The second kappa shape index (κ2) is 7.47. The third-order valence-electron chi connectivity index (χ3n) is 4.27. The smallest absolute Gasteiger partial charge is 0.266 e. The molecule has 0 bridgehead atoms. The summed E-state index contributed by atoms with van der Waals surface area (Å²) in [6.45, 7) is 3.58. The van der Waals surface area contributed by atoms with Gasteiger partial charge in [-0.05, 0) is 44.2 Å². The fourth-order valence-electron chi connectivity index (χ4n) is 2.84. The highest BCUT2D eigenvalue weighted by Crippen LogP contribution is 2.36. The molecular weight excluding hydrogens is 415 g/mol. The van der Waals surface area contributed by atoms with Gasteiger partial charge in [-0.25, -0.2) is 0 Å². The van der Waals surface area contributed by atoms with Crippen molar-refractivity contribution in [1.29, 1.82) is 0 Å². The zero-order valence-electron chi connectivity index (χ0n) is 15.0. The lowest BCUT2D eigenvalue weighted by Gasteiger charge is -2.01. The first kappa shape index (κ1) is 18.8. The third kappa shape index (κ3) is 3.35. The van der Waals surface area contributed by atoms with Gasteiger partial charge < -0.3 is 0 Å². The maximum absolute atomic E-state index is 13.1. The van der Waals surface area contributed by atoms with Gasteiger partial charge in [0.05, 0.1) is 22.1 Å². The number of benzene rings is 2. The lowest BCUT2D eigenvalue weighted by molar-refractivity contribution is 0.0946. The molecule has 140 valence electrons. The van der Waals surface area contributed by atoms with Crippen molar-refractivity contribution in [3.63, 3.8) is 0 Å². The Morgan fingerprint density at radius 2 is 1.75 bits per heavy atom. The molecule has 0 atom stereocenters. The van der Waals surface area contributed by atoms with Crippen LogP contribution in [0.15, 0.2) is 58.8 Å². The van der Waals surface area contributed by atoms with E-state index in [1.54, 1.807) is 38.1 Å². The molecule has 5 nitrogen and oxygen atoms in total. The Morgan fingerprint density at radius 3 is 2.46 bits per heavy atom. The summed E-state index contributed by atoms with van der Waals surface area (Å²) in [5, 5.41) is 14.8. The molecule has 0 saturated heterocycles. The molecule has 2 aromatic carbocycles. The van der Waals surface area contributed by atoms with Crippen LogP contribution in [-0.4, -0.2) is 15.7 Å². The van der Waals surface area contributed by atoms with E-state index >= 15 is 0 Å². The number of aryl methyl sites for hydroxylation is 1. The number of nitrogens with zero attached hydrogens (tertiary/aromatic N) is 4. The summed E-state index contributed by atoms with van der Waals surface area (Å²) in [6.07, 6.45) is 0. The van der Waals surface area contributed by atoms with Crippen LogP contribution in [0.25, 0.3) is 10.1 Å². The monoisotopic (exact) mass is 428 g/mol. The van der Waals surface area contributed by atoms with E-state index in [0.717, 1.165) is 10.1 Å². The first-order valence-corrected chi connectivity index (χ1v) is 9.98. The van der Waals surface area contributed by atoms with Gasteiger partial charge in [0.15, 0.2) is 0 Å². The van der Waals surface area contributed by atoms with E-state index in [4.69, 9.17) is 23.2 Å². The maximum atomic E-state index is 13.1. The molecule has 0 aliphatic carbocycles. The normalized spacial score (nSPS) is 11.6. The summed E-state index contributed by atoms with van der Waals surface area (Å²) >= 11 is 13.7. The number of rotatable bonds is 3. The van der Waals surface area contributed by atoms with Gasteiger partial charge in [-0.2, -0.15) is 14.9 Å². The van der Waals surface area contributed by atoms with Crippen LogP contribution in [0.1, 0.15) is 21.1 Å². The summed E-state index contributed by atoms with van der Waals surface area (Å²) in [4.78, 5) is 13.5. The van der Waals surface area contributed by atoms with Gasteiger partial charge in [0, 0.05) is 15.1 Å². The van der Waals surface area contributed by atoms with Crippen LogP contribution in [0, 0.1) is 13.8 Å². The second-order valence-electron chi connectivity index (χ2n) is 6.15. The van der Waals surface area contributed by atoms with E-state index in [1.165, 1.54) is 16.0 Å². The van der Waals surface area contributed by atoms with Crippen LogP contribution in [0.4, 0.5) is 11.4 Å². The Hall–Kier alpha value is -2.54. The standard InChI is InChI=1S/C20H14Cl2N4OS/c1-11-18(24-23-14-9-7-13(21)8-10-14)12(2)26(25-11)20(27)19-17(22)15-5-3-4-6-16(15)28-19/h3-10H,1-2H3. The van der Waals surface area contributed by atoms with Crippen LogP contribution in [-0.2, 0) is 0 Å². The lowest BCUT2D eigenvalue weighted by atomic mass is 10.2. The number of carbonyl (C=O) groups is 1. The zero-order chi connectivity index (χ0) is 19.8. The summed E-state index contributed by atoms with van der Waals surface area (Å²) < 4.78 is 2.29. The lowest BCUT2D eigenvalue weighted by Crippen LogP contribution is -2.14. The molecule has 0 N–H and O–H groups in total. The topological polar surface area (TPSA) is 59.6 Å². The Kier molecular flexibility index (Phi) is 5.02. The number of fused-ring (bicyclic) bond motifs is 1. The molecule has 0 spiro atoms. The van der Waals surface area contributed by atoms with Gasteiger partial charge in [-0.3, -0.25) is 4.79 Å². The third-order valence-corrected chi connectivity index (χ3v) is 6.18. The maximum Gasteiger partial charge on any atom is 0.290 e. The summed E-state index contributed by atoms with van der Waals surface area (Å²) in [5.41, 5.74) is 2.44. The number of azo groups is 1. The van der Waals surface area contributed by atoms with Crippen molar-refractivity contribution < 1.29 is 4.79 Å². The molecule has 2 aromatic heterocycles. The van der Waals surface area contributed by atoms with Crippen molar-refractivity contribution in [3.8, 4) is 0 Å². The number of hydrogen-bond acceptors (Lipinski definition) is 5. The van der Waals surface area contributed by atoms with Crippen molar-refractivity contribution in [1.82, 2.24) is 9.78 Å². The summed E-state index contributed by atoms with van der Waals surface area (Å²) in [7, 11) is 0. The molecular formula is C20H14Cl2N4OS. The van der Waals surface area contributed by atoms with Gasteiger partial charge in [0.25, 0.3) is 5.91 Å². The minimum atomic E-state index is -0.278. The van der Waals surface area contributed by atoms with Crippen molar-refractivity contribution in [3.05, 3.63) is 74.8 Å². The van der Waals surface area contributed by atoms with E-state index in [1.807, 2.05) is 24.3 Å². The summed E-state index contributed by atoms with van der Waals surface area (Å²) in [6, 6.07) is 14.7. The number of halogens is 2. The van der Waals surface area contributed by atoms with Crippen molar-refractivity contribution in [2.45, 2.75) is 13.8 Å². The van der Waals surface area contributed by atoms with Crippen LogP contribution in [0.3, 0.4) is 0 Å². The van der Waals surface area contributed by atoms with Crippen molar-refractivity contribution >= 4 is 61.9 Å². The SMILES string of the molecule is Cc1nn(C(=O)c2sc3ccccc3c2Cl)c(C)c1N=Nc1ccc(Cl)cc1. The van der Waals surface area contributed by atoms with Crippen LogP contribution < -0.4 is 0 Å². The number of hydrogen-bond donors (Lipinski definition) is 0. The molecule has 0 radical (unpaired) electrons. The second-order valence-corrected chi connectivity index (χ2v) is 8.02. The Bertz CT molecular complexity index is 1230. The fourth-order valence-corrected chi connectivity index (χ4v) is 4.40. The van der Waals surface area contributed by atoms with Gasteiger partial charge in [0.1, 0.15) is 10.6 Å². The first-order chi connectivity index (χ1) is 13.5. The van der Waals surface area contributed by atoms with Crippen molar-refractivity contribution in [2.75, 3.05) is 0 Å². The molecule has 0 aliphatic rings. The van der Waals surface area contributed by atoms with Crippen LogP contribution in [0.5, 0.6) is 0 Å². The molecule has 0 saturated carbocycles. The predicted octanol–water partition coefficient (Wildman–Crippen LogP) is 7.13. The number of aromatic nitrogens is 2. The highest BCUT2D eigenvalue weighted by atomic mass is 35.5. The molecule has 0 amide bonds. The molecule has 28 heavy (non-hydrogen) atoms. The molecule has 0 fully saturated rings. The Labute approximate surface area is 175 Å². The molecule has 0 aliphatic heterocycles. The Balaban J connectivity index is 1.71. The van der Waals surface area contributed by atoms with Gasteiger partial charge >= 0.3 is 0 Å². The van der Waals surface area contributed by atoms with E-state index in [0.29, 0.717) is 37.7 Å². The fraction of sp³-hybridized carbons (Fsp3) is 0.100. The number of thiophene rings is 1. The predicted molar refractivity (Wildman–Crippen MR) is 114 cm³/mol. The molecule has 0 unspecified atom stereocenters. The number of carbonyl (C=O) groups excluding carboxylic acids is 1. The van der Waals surface area contributed by atoms with Crippen LogP contribution >= 0.6 is 34.5 Å². The molecule has 4 aromatic rings. The van der Waals surface area contributed by atoms with E-state index < -0.39 is 0 Å². The molecule has 8 heteroatoms. The van der Waals surface area contributed by atoms with Gasteiger partial charge in [-0.15, -0.1) is 16.5 Å². The highest BCUT2D eigenvalue weighted by Gasteiger charge is 2.23.